The molecule has 0 aromatic heterocycles. The van der Waals surface area contributed by atoms with Gasteiger partial charge in [-0.25, -0.2) is 13.1 Å². The smallest absolute Gasteiger partial charge is 0.307 e. The van der Waals surface area contributed by atoms with E-state index in [-0.39, 0.29) is 30.2 Å². The number of hydrogen-bond acceptors (Lipinski definition) is 5. The Balaban J connectivity index is 2.79. The van der Waals surface area contributed by atoms with Crippen LogP contribution in [-0.4, -0.2) is 34.6 Å². The summed E-state index contributed by atoms with van der Waals surface area (Å²) in [6.07, 6.45) is -0.0127. The molecular weight excluding hydrogens is 282 g/mol. The number of aryl methyl sites for hydroxylation is 1. The summed E-state index contributed by atoms with van der Waals surface area (Å²) in [6, 6.07) is 4.87. The Hall–Kier alpha value is -1.60. The highest BCUT2D eigenvalue weighted by Gasteiger charge is 2.19. The average molecular weight is 301 g/mol. The fraction of sp³-hybridized carbons (Fsp3) is 0.462. The zero-order valence-electron chi connectivity index (χ0n) is 11.8. The molecule has 0 saturated carbocycles. The van der Waals surface area contributed by atoms with Gasteiger partial charge in [-0.2, -0.15) is 0 Å². The van der Waals surface area contributed by atoms with Crippen molar-refractivity contribution < 1.29 is 22.7 Å². The van der Waals surface area contributed by atoms with Crippen LogP contribution in [0.4, 0.5) is 0 Å². The molecule has 0 radical (unpaired) electrons. The van der Waals surface area contributed by atoms with Crippen molar-refractivity contribution in [2.24, 2.45) is 0 Å². The SMILES string of the molecule is CCOC(=O)CCNS(=O)(=O)c1cc(C)ccc1OC. The highest BCUT2D eigenvalue weighted by atomic mass is 32.2. The maximum atomic E-state index is 12.2. The van der Waals surface area contributed by atoms with Gasteiger partial charge in [-0.3, -0.25) is 4.79 Å². The molecule has 0 amide bonds. The Kier molecular flexibility index (Phi) is 5.97. The molecule has 0 aliphatic carbocycles. The lowest BCUT2D eigenvalue weighted by atomic mass is 10.2. The van der Waals surface area contributed by atoms with Crippen LogP contribution >= 0.6 is 0 Å². The molecule has 1 N–H and O–H groups in total. The Morgan fingerprint density at radius 3 is 2.65 bits per heavy atom. The van der Waals surface area contributed by atoms with Crippen molar-refractivity contribution in [1.29, 1.82) is 0 Å². The second-order valence-electron chi connectivity index (χ2n) is 4.11. The number of carbonyl (C=O) groups excluding carboxylic acids is 1. The standard InChI is InChI=1S/C13H19NO5S/c1-4-19-13(15)7-8-14-20(16,17)12-9-10(2)5-6-11(12)18-3/h5-6,9,14H,4,7-8H2,1-3H3. The van der Waals surface area contributed by atoms with E-state index in [0.29, 0.717) is 0 Å². The van der Waals surface area contributed by atoms with Gasteiger partial charge >= 0.3 is 5.97 Å². The quantitative estimate of drug-likeness (QED) is 0.766. The van der Waals surface area contributed by atoms with Crippen LogP contribution in [0.1, 0.15) is 18.9 Å². The van der Waals surface area contributed by atoms with Gasteiger partial charge in [0, 0.05) is 6.54 Å². The molecule has 0 atom stereocenters. The summed E-state index contributed by atoms with van der Waals surface area (Å²) in [5.74, 6) is -0.175. The van der Waals surface area contributed by atoms with Crippen molar-refractivity contribution in [3.8, 4) is 5.75 Å². The lowest BCUT2D eigenvalue weighted by Gasteiger charge is -2.11. The van der Waals surface area contributed by atoms with E-state index in [0.717, 1.165) is 5.56 Å². The lowest BCUT2D eigenvalue weighted by molar-refractivity contribution is -0.142. The topological polar surface area (TPSA) is 81.7 Å². The van der Waals surface area contributed by atoms with Gasteiger partial charge < -0.3 is 9.47 Å². The maximum Gasteiger partial charge on any atom is 0.307 e. The van der Waals surface area contributed by atoms with Gasteiger partial charge in [0.2, 0.25) is 10.0 Å². The summed E-state index contributed by atoms with van der Waals surface area (Å²) in [5.41, 5.74) is 0.802. The second-order valence-corrected chi connectivity index (χ2v) is 5.84. The number of methoxy groups -OCH3 is 1. The van der Waals surface area contributed by atoms with Gasteiger partial charge in [-0.15, -0.1) is 0 Å². The summed E-state index contributed by atoms with van der Waals surface area (Å²) in [4.78, 5) is 11.2. The average Bonchev–Trinajstić information content (AvgIpc) is 2.38. The molecule has 0 bridgehead atoms. The lowest BCUT2D eigenvalue weighted by Crippen LogP contribution is -2.27. The third kappa shape index (κ3) is 4.50. The second kappa shape index (κ2) is 7.25. The fourth-order valence-electron chi connectivity index (χ4n) is 1.59. The predicted molar refractivity (Wildman–Crippen MR) is 74.2 cm³/mol. The molecule has 0 saturated heterocycles. The largest absolute Gasteiger partial charge is 0.495 e. The normalized spacial score (nSPS) is 11.2. The van der Waals surface area contributed by atoms with E-state index in [1.807, 2.05) is 0 Å². The van der Waals surface area contributed by atoms with Gasteiger partial charge in [0.25, 0.3) is 0 Å². The van der Waals surface area contributed by atoms with Crippen LogP contribution in [0, 0.1) is 6.92 Å². The van der Waals surface area contributed by atoms with E-state index in [1.165, 1.54) is 13.2 Å². The first-order chi connectivity index (χ1) is 9.40. The van der Waals surface area contributed by atoms with Crippen LogP contribution in [-0.2, 0) is 19.6 Å². The predicted octanol–water partition coefficient (Wildman–Crippen LogP) is 1.24. The molecule has 112 valence electrons. The molecule has 0 spiro atoms. The minimum Gasteiger partial charge on any atom is -0.495 e. The van der Waals surface area contributed by atoms with E-state index < -0.39 is 16.0 Å². The van der Waals surface area contributed by atoms with E-state index in [1.54, 1.807) is 26.0 Å². The van der Waals surface area contributed by atoms with Crippen LogP contribution in [0.5, 0.6) is 5.75 Å². The van der Waals surface area contributed by atoms with Crippen molar-refractivity contribution in [3.63, 3.8) is 0 Å². The van der Waals surface area contributed by atoms with Crippen LogP contribution < -0.4 is 9.46 Å². The minimum atomic E-state index is -3.72. The van der Waals surface area contributed by atoms with Gasteiger partial charge in [-0.1, -0.05) is 6.07 Å². The Morgan fingerprint density at radius 1 is 1.35 bits per heavy atom. The van der Waals surface area contributed by atoms with E-state index in [9.17, 15) is 13.2 Å². The Morgan fingerprint density at radius 2 is 2.05 bits per heavy atom. The van der Waals surface area contributed by atoms with Gasteiger partial charge in [0.1, 0.15) is 10.6 Å². The summed E-state index contributed by atoms with van der Waals surface area (Å²) < 4.78 is 36.4. The number of esters is 1. The number of hydrogen-bond donors (Lipinski definition) is 1. The number of benzene rings is 1. The number of sulfonamides is 1. The molecule has 6 nitrogen and oxygen atoms in total. The third-order valence-corrected chi connectivity index (χ3v) is 4.02. The third-order valence-electron chi connectivity index (χ3n) is 2.54. The minimum absolute atomic E-state index is 0.0127. The van der Waals surface area contributed by atoms with Crippen molar-refractivity contribution in [2.45, 2.75) is 25.2 Å². The summed E-state index contributed by atoms with van der Waals surface area (Å²) >= 11 is 0. The van der Waals surface area contributed by atoms with Crippen LogP contribution in [0.3, 0.4) is 0 Å². The van der Waals surface area contributed by atoms with E-state index >= 15 is 0 Å². The zero-order valence-corrected chi connectivity index (χ0v) is 12.6. The number of nitrogens with one attached hydrogen (secondary N) is 1. The molecule has 1 rings (SSSR count). The maximum absolute atomic E-state index is 12.2. The van der Waals surface area contributed by atoms with Crippen molar-refractivity contribution in [2.75, 3.05) is 20.3 Å². The summed E-state index contributed by atoms with van der Waals surface area (Å²) in [5, 5.41) is 0. The van der Waals surface area contributed by atoms with E-state index in [4.69, 9.17) is 9.47 Å². The Labute approximate surface area is 119 Å². The monoisotopic (exact) mass is 301 g/mol. The first-order valence-electron chi connectivity index (χ1n) is 6.20. The first-order valence-corrected chi connectivity index (χ1v) is 7.69. The number of ether oxygens (including phenoxy) is 2. The van der Waals surface area contributed by atoms with Crippen molar-refractivity contribution in [1.82, 2.24) is 4.72 Å². The van der Waals surface area contributed by atoms with Crippen molar-refractivity contribution in [3.05, 3.63) is 23.8 Å². The molecule has 20 heavy (non-hydrogen) atoms. The molecule has 1 aromatic rings. The van der Waals surface area contributed by atoms with Gasteiger partial charge in [0.15, 0.2) is 0 Å². The molecule has 0 aliphatic rings. The van der Waals surface area contributed by atoms with Crippen LogP contribution in [0.2, 0.25) is 0 Å². The number of rotatable bonds is 7. The zero-order chi connectivity index (χ0) is 15.2. The molecule has 7 heteroatoms. The molecule has 0 fully saturated rings. The molecule has 0 unspecified atom stereocenters. The first kappa shape index (κ1) is 16.5. The van der Waals surface area contributed by atoms with Crippen molar-refractivity contribution >= 4 is 16.0 Å². The molecule has 1 aromatic carbocycles. The van der Waals surface area contributed by atoms with Gasteiger partial charge in [0.05, 0.1) is 20.1 Å². The molecular formula is C13H19NO5S. The summed E-state index contributed by atoms with van der Waals surface area (Å²) in [7, 11) is -2.31. The Bertz CT molecular complexity index is 568. The summed E-state index contributed by atoms with van der Waals surface area (Å²) in [6.45, 7) is 3.74. The molecule has 0 heterocycles. The fourth-order valence-corrected chi connectivity index (χ4v) is 2.88. The van der Waals surface area contributed by atoms with Gasteiger partial charge in [-0.05, 0) is 31.5 Å². The van der Waals surface area contributed by atoms with Crippen LogP contribution in [0.25, 0.3) is 0 Å². The molecule has 0 aliphatic heterocycles. The highest BCUT2D eigenvalue weighted by molar-refractivity contribution is 7.89. The van der Waals surface area contributed by atoms with Crippen LogP contribution in [0.15, 0.2) is 23.1 Å². The highest BCUT2D eigenvalue weighted by Crippen LogP contribution is 2.24. The number of carbonyl (C=O) groups is 1. The van der Waals surface area contributed by atoms with E-state index in [2.05, 4.69) is 4.72 Å².